The lowest BCUT2D eigenvalue weighted by Crippen LogP contribution is -1.98. The van der Waals surface area contributed by atoms with E-state index < -0.39 is 5.97 Å². The predicted octanol–water partition coefficient (Wildman–Crippen LogP) is 2.76. The molecule has 16 heavy (non-hydrogen) atoms. The van der Waals surface area contributed by atoms with Gasteiger partial charge in [-0.1, -0.05) is 18.2 Å². The number of carboxylic acids is 1. The van der Waals surface area contributed by atoms with Crippen LogP contribution in [0.2, 0.25) is 0 Å². The maximum atomic E-state index is 10.9. The van der Waals surface area contributed by atoms with Gasteiger partial charge in [0.1, 0.15) is 0 Å². The van der Waals surface area contributed by atoms with Gasteiger partial charge in [0.2, 0.25) is 0 Å². The molecule has 0 radical (unpaired) electrons. The summed E-state index contributed by atoms with van der Waals surface area (Å²) in [6.07, 6.45) is 3.07. The highest BCUT2D eigenvalue weighted by Gasteiger charge is 2.18. The summed E-state index contributed by atoms with van der Waals surface area (Å²) in [6, 6.07) is 7.46. The third-order valence-corrected chi connectivity index (χ3v) is 2.92. The SMILES string of the molecule is CSc1ccccc1-c1ocnc1C(=O)O. The second kappa shape index (κ2) is 4.40. The quantitative estimate of drug-likeness (QED) is 0.829. The molecule has 0 fully saturated rings. The predicted molar refractivity (Wildman–Crippen MR) is 60.7 cm³/mol. The number of hydrogen-bond donors (Lipinski definition) is 1. The molecule has 0 saturated heterocycles. The lowest BCUT2D eigenvalue weighted by Gasteiger charge is -2.03. The van der Waals surface area contributed by atoms with E-state index in [2.05, 4.69) is 4.98 Å². The maximum absolute atomic E-state index is 10.9. The molecule has 2 aromatic rings. The zero-order chi connectivity index (χ0) is 11.5. The van der Waals surface area contributed by atoms with E-state index in [4.69, 9.17) is 9.52 Å². The number of carboxylic acid groups (broad SMARTS) is 1. The van der Waals surface area contributed by atoms with E-state index in [1.54, 1.807) is 0 Å². The number of thioether (sulfide) groups is 1. The van der Waals surface area contributed by atoms with Gasteiger partial charge >= 0.3 is 5.97 Å². The van der Waals surface area contributed by atoms with E-state index in [1.807, 2.05) is 30.5 Å². The van der Waals surface area contributed by atoms with Gasteiger partial charge in [0.05, 0.1) is 0 Å². The lowest BCUT2D eigenvalue weighted by atomic mass is 10.1. The van der Waals surface area contributed by atoms with Crippen molar-refractivity contribution in [2.75, 3.05) is 6.26 Å². The van der Waals surface area contributed by atoms with E-state index in [0.29, 0.717) is 5.76 Å². The van der Waals surface area contributed by atoms with Crippen LogP contribution in [0.4, 0.5) is 0 Å². The first-order chi connectivity index (χ1) is 7.74. The van der Waals surface area contributed by atoms with E-state index in [0.717, 1.165) is 16.9 Å². The van der Waals surface area contributed by atoms with Crippen LogP contribution in [0.25, 0.3) is 11.3 Å². The molecule has 0 spiro atoms. The number of hydrogen-bond acceptors (Lipinski definition) is 4. The van der Waals surface area contributed by atoms with Crippen LogP contribution in [0, 0.1) is 0 Å². The molecule has 1 heterocycles. The molecule has 0 aliphatic heterocycles. The summed E-state index contributed by atoms with van der Waals surface area (Å²) in [5.41, 5.74) is 0.700. The van der Waals surface area contributed by atoms with Gasteiger partial charge in [-0.15, -0.1) is 11.8 Å². The Bertz CT molecular complexity index is 521. The molecule has 82 valence electrons. The molecule has 0 saturated carbocycles. The second-order valence-corrected chi connectivity index (χ2v) is 3.88. The fourth-order valence-corrected chi connectivity index (χ4v) is 2.02. The third-order valence-electron chi connectivity index (χ3n) is 2.12. The number of aromatic carboxylic acids is 1. The summed E-state index contributed by atoms with van der Waals surface area (Å²) in [6.45, 7) is 0. The van der Waals surface area contributed by atoms with Crippen LogP contribution in [0.15, 0.2) is 40.0 Å². The maximum Gasteiger partial charge on any atom is 0.358 e. The van der Waals surface area contributed by atoms with Gasteiger partial charge in [0.25, 0.3) is 0 Å². The first-order valence-electron chi connectivity index (χ1n) is 4.54. The van der Waals surface area contributed by atoms with Gasteiger partial charge in [-0.25, -0.2) is 9.78 Å². The van der Waals surface area contributed by atoms with Crippen molar-refractivity contribution in [2.24, 2.45) is 0 Å². The van der Waals surface area contributed by atoms with Crippen LogP contribution in [-0.4, -0.2) is 22.3 Å². The highest BCUT2D eigenvalue weighted by Crippen LogP contribution is 2.31. The van der Waals surface area contributed by atoms with Crippen molar-refractivity contribution in [3.8, 4) is 11.3 Å². The van der Waals surface area contributed by atoms with Crippen LogP contribution in [0.1, 0.15) is 10.5 Å². The smallest absolute Gasteiger partial charge is 0.358 e. The summed E-state index contributed by atoms with van der Waals surface area (Å²) in [5.74, 6) is -0.780. The molecule has 1 N–H and O–H groups in total. The zero-order valence-corrected chi connectivity index (χ0v) is 9.32. The van der Waals surface area contributed by atoms with Gasteiger partial charge in [-0.3, -0.25) is 0 Å². The minimum Gasteiger partial charge on any atom is -0.476 e. The molecule has 0 atom stereocenters. The molecule has 1 aromatic carbocycles. The molecule has 2 rings (SSSR count). The van der Waals surface area contributed by atoms with E-state index in [-0.39, 0.29) is 5.69 Å². The Hall–Kier alpha value is -1.75. The average Bonchev–Trinajstić information content (AvgIpc) is 2.77. The monoisotopic (exact) mass is 235 g/mol. The molecule has 1 aromatic heterocycles. The first-order valence-corrected chi connectivity index (χ1v) is 5.76. The second-order valence-electron chi connectivity index (χ2n) is 3.04. The van der Waals surface area contributed by atoms with Crippen LogP contribution >= 0.6 is 11.8 Å². The fraction of sp³-hybridized carbons (Fsp3) is 0.0909. The Labute approximate surface area is 96.3 Å². The van der Waals surface area contributed by atoms with Crippen LogP contribution in [0.3, 0.4) is 0 Å². The molecule has 0 aliphatic rings. The summed E-state index contributed by atoms with van der Waals surface area (Å²) < 4.78 is 5.15. The molecule has 0 aliphatic carbocycles. The Morgan fingerprint density at radius 1 is 1.44 bits per heavy atom. The highest BCUT2D eigenvalue weighted by atomic mass is 32.2. The molecule has 0 bridgehead atoms. The van der Waals surface area contributed by atoms with Crippen LogP contribution in [-0.2, 0) is 0 Å². The van der Waals surface area contributed by atoms with E-state index in [1.165, 1.54) is 11.8 Å². The Kier molecular flexibility index (Phi) is 2.96. The summed E-state index contributed by atoms with van der Waals surface area (Å²) in [7, 11) is 0. The van der Waals surface area contributed by atoms with Crippen molar-refractivity contribution in [3.63, 3.8) is 0 Å². The summed E-state index contributed by atoms with van der Waals surface area (Å²) in [4.78, 5) is 15.6. The van der Waals surface area contributed by atoms with Crippen LogP contribution in [0.5, 0.6) is 0 Å². The minimum atomic E-state index is -1.08. The number of rotatable bonds is 3. The molecule has 5 heteroatoms. The van der Waals surface area contributed by atoms with Crippen molar-refractivity contribution in [3.05, 3.63) is 36.4 Å². The molecule has 4 nitrogen and oxygen atoms in total. The summed E-state index contributed by atoms with van der Waals surface area (Å²) >= 11 is 1.53. The summed E-state index contributed by atoms with van der Waals surface area (Å²) in [5, 5.41) is 8.95. The third kappa shape index (κ3) is 1.81. The Balaban J connectivity index is 2.58. The number of oxazole rings is 1. The molecular weight excluding hydrogens is 226 g/mol. The average molecular weight is 235 g/mol. The zero-order valence-electron chi connectivity index (χ0n) is 8.51. The highest BCUT2D eigenvalue weighted by molar-refractivity contribution is 7.98. The minimum absolute atomic E-state index is 0.0542. The Morgan fingerprint density at radius 2 is 2.19 bits per heavy atom. The standard InChI is InChI=1S/C11H9NO3S/c1-16-8-5-3-2-4-7(8)10-9(11(13)14)12-6-15-10/h2-6H,1H3,(H,13,14). The van der Waals surface area contributed by atoms with Crippen molar-refractivity contribution in [1.82, 2.24) is 4.98 Å². The van der Waals surface area contributed by atoms with Gasteiger partial charge in [-0.2, -0.15) is 0 Å². The normalized spacial score (nSPS) is 10.3. The molecule has 0 unspecified atom stereocenters. The number of benzene rings is 1. The van der Waals surface area contributed by atoms with E-state index >= 15 is 0 Å². The number of carbonyl (C=O) groups is 1. The van der Waals surface area contributed by atoms with Crippen molar-refractivity contribution in [2.45, 2.75) is 4.90 Å². The van der Waals surface area contributed by atoms with Gasteiger partial charge in [0, 0.05) is 10.5 Å². The molecular formula is C11H9NO3S. The van der Waals surface area contributed by atoms with Gasteiger partial charge < -0.3 is 9.52 Å². The molecule has 0 amide bonds. The van der Waals surface area contributed by atoms with Crippen molar-refractivity contribution < 1.29 is 14.3 Å². The number of nitrogens with zero attached hydrogens (tertiary/aromatic N) is 1. The first kappa shape index (κ1) is 10.8. The van der Waals surface area contributed by atoms with Gasteiger partial charge in [-0.05, 0) is 12.3 Å². The van der Waals surface area contributed by atoms with E-state index in [9.17, 15) is 4.79 Å². The van der Waals surface area contributed by atoms with Gasteiger partial charge in [0.15, 0.2) is 17.8 Å². The number of aromatic nitrogens is 1. The fourth-order valence-electron chi connectivity index (χ4n) is 1.42. The van der Waals surface area contributed by atoms with Crippen LogP contribution < -0.4 is 0 Å². The topological polar surface area (TPSA) is 63.3 Å². The largest absolute Gasteiger partial charge is 0.476 e. The van der Waals surface area contributed by atoms with Crippen molar-refractivity contribution >= 4 is 17.7 Å². The van der Waals surface area contributed by atoms with Crippen molar-refractivity contribution in [1.29, 1.82) is 0 Å². The Morgan fingerprint density at radius 3 is 2.88 bits per heavy atom. The lowest BCUT2D eigenvalue weighted by molar-refractivity contribution is 0.0691.